The summed E-state index contributed by atoms with van der Waals surface area (Å²) in [5, 5.41) is 6.76. The van der Waals surface area contributed by atoms with Gasteiger partial charge in [0.1, 0.15) is 0 Å². The summed E-state index contributed by atoms with van der Waals surface area (Å²) >= 11 is 0. The Morgan fingerprint density at radius 2 is 1.90 bits per heavy atom. The topological polar surface area (TPSA) is 44.6 Å². The molecule has 1 heterocycles. The van der Waals surface area contributed by atoms with Crippen LogP contribution < -0.4 is 10.6 Å². The minimum absolute atomic E-state index is 0.628. The van der Waals surface area contributed by atoms with Gasteiger partial charge in [-0.15, -0.1) is 0 Å². The lowest BCUT2D eigenvalue weighted by Crippen LogP contribution is -2.44. The van der Waals surface area contributed by atoms with Gasteiger partial charge < -0.3 is 15.2 Å². The highest BCUT2D eigenvalue weighted by Gasteiger charge is 2.29. The molecule has 5 heteroatoms. The molecule has 118 valence electrons. The molecule has 21 heavy (non-hydrogen) atoms. The fraction of sp³-hybridized carbons (Fsp3) is 0.688. The van der Waals surface area contributed by atoms with E-state index in [-0.39, 0.29) is 0 Å². The minimum Gasteiger partial charge on any atom is -0.355 e. The van der Waals surface area contributed by atoms with Gasteiger partial charge in [-0.05, 0) is 38.8 Å². The van der Waals surface area contributed by atoms with Crippen molar-refractivity contribution in [2.75, 3.05) is 26.7 Å². The molecule has 0 saturated heterocycles. The molecule has 0 amide bonds. The van der Waals surface area contributed by atoms with Crippen LogP contribution in [0.15, 0.2) is 29.5 Å². The predicted molar refractivity (Wildman–Crippen MR) is 88.7 cm³/mol. The molecule has 0 radical (unpaired) electrons. The lowest BCUT2D eigenvalue weighted by atomic mass is 10.3. The van der Waals surface area contributed by atoms with Crippen molar-refractivity contribution in [2.45, 2.75) is 45.3 Å². The molecule has 0 aromatic carbocycles. The maximum absolute atomic E-state index is 4.28. The van der Waals surface area contributed by atoms with Crippen molar-refractivity contribution >= 4 is 5.96 Å². The SMILES string of the molecule is CN=C(NCCN(C(C)C)C1CC1)NCCn1cccc1. The van der Waals surface area contributed by atoms with Crippen LogP contribution in [0.1, 0.15) is 26.7 Å². The van der Waals surface area contributed by atoms with Gasteiger partial charge in [0, 0.05) is 57.7 Å². The first-order chi connectivity index (χ1) is 10.2. The lowest BCUT2D eigenvalue weighted by molar-refractivity contribution is 0.215. The molecule has 0 atom stereocenters. The Balaban J connectivity index is 1.63. The van der Waals surface area contributed by atoms with E-state index in [4.69, 9.17) is 0 Å². The molecular weight excluding hydrogens is 262 g/mol. The first-order valence-electron chi connectivity index (χ1n) is 8.01. The third-order valence-corrected chi connectivity index (χ3v) is 3.89. The normalized spacial score (nSPS) is 15.8. The zero-order valence-corrected chi connectivity index (χ0v) is 13.5. The number of hydrogen-bond donors (Lipinski definition) is 2. The molecule has 0 spiro atoms. The van der Waals surface area contributed by atoms with Crippen molar-refractivity contribution in [1.29, 1.82) is 0 Å². The van der Waals surface area contributed by atoms with Crippen LogP contribution in [-0.4, -0.2) is 54.2 Å². The van der Waals surface area contributed by atoms with Gasteiger partial charge in [0.2, 0.25) is 0 Å². The first kappa shape index (κ1) is 15.9. The van der Waals surface area contributed by atoms with Crippen LogP contribution in [0.2, 0.25) is 0 Å². The van der Waals surface area contributed by atoms with E-state index in [0.717, 1.165) is 38.2 Å². The van der Waals surface area contributed by atoms with Gasteiger partial charge in [0.15, 0.2) is 5.96 Å². The lowest BCUT2D eigenvalue weighted by Gasteiger charge is -2.26. The molecule has 1 aliphatic rings. The smallest absolute Gasteiger partial charge is 0.191 e. The third-order valence-electron chi connectivity index (χ3n) is 3.89. The van der Waals surface area contributed by atoms with Crippen LogP contribution in [-0.2, 0) is 6.54 Å². The quantitative estimate of drug-likeness (QED) is 0.564. The van der Waals surface area contributed by atoms with Gasteiger partial charge in [0.25, 0.3) is 0 Å². The Labute approximate surface area is 128 Å². The van der Waals surface area contributed by atoms with Gasteiger partial charge in [-0.1, -0.05) is 0 Å². The first-order valence-corrected chi connectivity index (χ1v) is 8.01. The van der Waals surface area contributed by atoms with Crippen molar-refractivity contribution in [3.05, 3.63) is 24.5 Å². The van der Waals surface area contributed by atoms with Gasteiger partial charge in [0.05, 0.1) is 0 Å². The highest BCUT2D eigenvalue weighted by Crippen LogP contribution is 2.27. The number of guanidine groups is 1. The molecule has 0 unspecified atom stereocenters. The standard InChI is InChI=1S/C16H29N5/c1-14(2)21(15-6-7-15)13-9-19-16(17-3)18-8-12-20-10-4-5-11-20/h4-5,10-11,14-15H,6-9,12-13H2,1-3H3,(H2,17,18,19). The second kappa shape index (κ2) is 8.08. The molecule has 2 rings (SSSR count). The number of aliphatic imine (C=N–C) groups is 1. The molecule has 2 N–H and O–H groups in total. The summed E-state index contributed by atoms with van der Waals surface area (Å²) in [6, 6.07) is 5.54. The van der Waals surface area contributed by atoms with Crippen LogP contribution in [0.3, 0.4) is 0 Å². The zero-order valence-electron chi connectivity index (χ0n) is 13.5. The highest BCUT2D eigenvalue weighted by molar-refractivity contribution is 5.79. The van der Waals surface area contributed by atoms with Gasteiger partial charge in [-0.2, -0.15) is 0 Å². The van der Waals surface area contributed by atoms with E-state index in [1.807, 2.05) is 19.2 Å². The van der Waals surface area contributed by atoms with E-state index >= 15 is 0 Å². The average Bonchev–Trinajstić information content (AvgIpc) is 3.17. The average molecular weight is 291 g/mol. The molecule has 1 aliphatic carbocycles. The fourth-order valence-corrected chi connectivity index (χ4v) is 2.62. The summed E-state index contributed by atoms with van der Waals surface area (Å²) in [6.07, 6.45) is 6.88. The maximum Gasteiger partial charge on any atom is 0.191 e. The Morgan fingerprint density at radius 3 is 2.48 bits per heavy atom. The van der Waals surface area contributed by atoms with Gasteiger partial charge in [-0.25, -0.2) is 0 Å². The second-order valence-electron chi connectivity index (χ2n) is 5.91. The molecule has 1 saturated carbocycles. The molecule has 0 bridgehead atoms. The Morgan fingerprint density at radius 1 is 1.24 bits per heavy atom. The molecule has 0 aliphatic heterocycles. The van der Waals surface area contributed by atoms with Crippen LogP contribution in [0, 0.1) is 0 Å². The second-order valence-corrected chi connectivity index (χ2v) is 5.91. The summed E-state index contributed by atoms with van der Waals surface area (Å²) < 4.78 is 2.16. The van der Waals surface area contributed by atoms with Crippen LogP contribution in [0.4, 0.5) is 0 Å². The van der Waals surface area contributed by atoms with Crippen molar-refractivity contribution in [1.82, 2.24) is 20.1 Å². The maximum atomic E-state index is 4.28. The van der Waals surface area contributed by atoms with E-state index in [1.54, 1.807) is 0 Å². The van der Waals surface area contributed by atoms with E-state index in [0.29, 0.717) is 6.04 Å². The van der Waals surface area contributed by atoms with E-state index < -0.39 is 0 Å². The van der Waals surface area contributed by atoms with Crippen molar-refractivity contribution < 1.29 is 0 Å². The van der Waals surface area contributed by atoms with E-state index in [1.165, 1.54) is 12.8 Å². The van der Waals surface area contributed by atoms with E-state index in [2.05, 4.69) is 51.3 Å². The minimum atomic E-state index is 0.628. The Bertz CT molecular complexity index is 418. The molecular formula is C16H29N5. The van der Waals surface area contributed by atoms with E-state index in [9.17, 15) is 0 Å². The van der Waals surface area contributed by atoms with Crippen molar-refractivity contribution in [3.63, 3.8) is 0 Å². The summed E-state index contributed by atoms with van der Waals surface area (Å²) in [4.78, 5) is 6.86. The third kappa shape index (κ3) is 5.42. The number of nitrogens with one attached hydrogen (secondary N) is 2. The number of rotatable bonds is 8. The number of nitrogens with zero attached hydrogens (tertiary/aromatic N) is 3. The fourth-order valence-electron chi connectivity index (χ4n) is 2.62. The van der Waals surface area contributed by atoms with Crippen molar-refractivity contribution in [3.8, 4) is 0 Å². The Kier molecular flexibility index (Phi) is 6.11. The largest absolute Gasteiger partial charge is 0.355 e. The highest BCUT2D eigenvalue weighted by atomic mass is 15.2. The van der Waals surface area contributed by atoms with Gasteiger partial charge >= 0.3 is 0 Å². The monoisotopic (exact) mass is 291 g/mol. The molecule has 5 nitrogen and oxygen atoms in total. The zero-order chi connectivity index (χ0) is 15.1. The molecule has 1 aromatic rings. The van der Waals surface area contributed by atoms with Crippen LogP contribution in [0.5, 0.6) is 0 Å². The summed E-state index contributed by atoms with van der Waals surface area (Å²) in [6.45, 7) is 8.42. The number of aromatic nitrogens is 1. The summed E-state index contributed by atoms with van der Waals surface area (Å²) in [5.41, 5.74) is 0. The summed E-state index contributed by atoms with van der Waals surface area (Å²) in [5.74, 6) is 0.890. The molecule has 1 fully saturated rings. The van der Waals surface area contributed by atoms with Gasteiger partial charge in [-0.3, -0.25) is 9.89 Å². The Hall–Kier alpha value is -1.49. The summed E-state index contributed by atoms with van der Waals surface area (Å²) in [7, 11) is 1.83. The predicted octanol–water partition coefficient (Wildman–Crippen LogP) is 1.53. The number of hydrogen-bond acceptors (Lipinski definition) is 2. The van der Waals surface area contributed by atoms with Crippen LogP contribution >= 0.6 is 0 Å². The van der Waals surface area contributed by atoms with Crippen molar-refractivity contribution in [2.24, 2.45) is 4.99 Å². The molecule has 1 aromatic heterocycles. The van der Waals surface area contributed by atoms with Crippen LogP contribution in [0.25, 0.3) is 0 Å².